The summed E-state index contributed by atoms with van der Waals surface area (Å²) < 4.78 is 59.8. The molecule has 0 spiro atoms. The van der Waals surface area contributed by atoms with Gasteiger partial charge in [0, 0.05) is 111 Å². The van der Waals surface area contributed by atoms with Crippen molar-refractivity contribution in [1.29, 1.82) is 0 Å². The fourth-order valence-electron chi connectivity index (χ4n) is 16.2. The van der Waals surface area contributed by atoms with E-state index in [0.29, 0.717) is 17.0 Å². The normalized spacial score (nSPS) is 10.9. The van der Waals surface area contributed by atoms with Crippen molar-refractivity contribution in [1.82, 2.24) is 69.2 Å². The molecule has 12 heterocycles. The van der Waals surface area contributed by atoms with Crippen LogP contribution in [0.25, 0.3) is 148 Å². The number of benzene rings is 13. The molecule has 0 amide bonds. The summed E-state index contributed by atoms with van der Waals surface area (Å²) in [6, 6.07) is 152. The van der Waals surface area contributed by atoms with E-state index >= 15 is 0 Å². The van der Waals surface area contributed by atoms with Crippen LogP contribution in [0.1, 0.15) is 36.4 Å². The van der Waals surface area contributed by atoms with Gasteiger partial charge in [0.15, 0.2) is 0 Å². The summed E-state index contributed by atoms with van der Waals surface area (Å²) in [6.07, 6.45) is 16.1. The van der Waals surface area contributed by atoms with Crippen molar-refractivity contribution in [2.24, 2.45) is 0 Å². The van der Waals surface area contributed by atoms with Crippen LogP contribution in [0.2, 0.25) is 0 Å². The monoisotopic (exact) mass is 1950 g/mol. The highest BCUT2D eigenvalue weighted by Crippen LogP contribution is 2.49. The van der Waals surface area contributed by atoms with Crippen molar-refractivity contribution < 1.29 is 17.6 Å². The van der Waals surface area contributed by atoms with Crippen LogP contribution in [0.15, 0.2) is 523 Å². The second kappa shape index (κ2) is 49.7. The van der Waals surface area contributed by atoms with Crippen LogP contribution < -0.4 is 0 Å². The summed E-state index contributed by atoms with van der Waals surface area (Å²) in [5.41, 5.74) is 23.5. The Morgan fingerprint density at radius 2 is 0.753 bits per heavy atom. The Bertz CT molecular complexity index is 8060. The van der Waals surface area contributed by atoms with E-state index in [1.807, 2.05) is 252 Å². The maximum Gasteiger partial charge on any atom is 0.224 e. The third-order valence-electron chi connectivity index (χ3n) is 23.3. The lowest BCUT2D eigenvalue weighted by Gasteiger charge is -2.21. The SMILES string of the molecule is CC1(C)c2ccccc2-c2ccc(-n3cccn3)cc21.Cc1cc(C)n(-c2ccccc2)n1.Fc1ccc(-c2ccccn2)c(F)c1.Fc1ccc(-c2ccccn2)c(F)n1.c1ccc(-c2cc3ccccc3s2)nc1.c1ccc(-c2ccc3ccccc3n2)cc1.c1ccc(-c2cccc3ccccc23)nc1.c1ccc(-c2ccccn2)cc1.c1ccc(-c2nc3ccccc3s2)cc1.c1ccc(-n2cccn2)cc1. The summed E-state index contributed by atoms with van der Waals surface area (Å²) in [7, 11) is 0. The first-order valence-electron chi connectivity index (χ1n) is 47.2. The number of rotatable bonds is 10. The number of aromatic nitrogens is 14. The number of thiazole rings is 1. The minimum absolute atomic E-state index is 0.0507. The minimum Gasteiger partial charge on any atom is -0.256 e. The van der Waals surface area contributed by atoms with E-state index in [-0.39, 0.29) is 11.0 Å². The van der Waals surface area contributed by atoms with Gasteiger partial charge in [0.05, 0.1) is 83.1 Å². The van der Waals surface area contributed by atoms with Crippen molar-refractivity contribution in [3.8, 4) is 106 Å². The van der Waals surface area contributed by atoms with Crippen LogP contribution in [0.3, 0.4) is 0 Å². The number of hydrogen-bond acceptors (Lipinski definition) is 13. The Kier molecular flexibility index (Phi) is 33.7. The Labute approximate surface area is 853 Å². The topological polar surface area (TPSA) is 157 Å². The minimum atomic E-state index is -0.844. The van der Waals surface area contributed by atoms with Crippen LogP contribution >= 0.6 is 22.7 Å². The molecule has 0 radical (unpaired) electrons. The number of hydrogen-bond donors (Lipinski definition) is 0. The molecule has 26 rings (SSSR count). The number of para-hydroxylation sites is 4. The van der Waals surface area contributed by atoms with Crippen molar-refractivity contribution in [2.45, 2.75) is 33.1 Å². The lowest BCUT2D eigenvalue weighted by molar-refractivity contribution is 0.515. The van der Waals surface area contributed by atoms with E-state index in [0.717, 1.165) is 84.8 Å². The quantitative estimate of drug-likeness (QED) is 0.0948. The second-order valence-electron chi connectivity index (χ2n) is 33.6. The van der Waals surface area contributed by atoms with Gasteiger partial charge in [0.1, 0.15) is 16.6 Å². The van der Waals surface area contributed by atoms with E-state index in [2.05, 4.69) is 282 Å². The fourth-order valence-corrected chi connectivity index (χ4v) is 18.2. The Balaban J connectivity index is 0.000000111. The number of pyridine rings is 7. The van der Waals surface area contributed by atoms with E-state index < -0.39 is 23.5 Å². The lowest BCUT2D eigenvalue weighted by atomic mass is 9.82. The number of thiophene rings is 1. The Morgan fingerprint density at radius 3 is 1.33 bits per heavy atom. The van der Waals surface area contributed by atoms with E-state index in [9.17, 15) is 17.6 Å². The smallest absolute Gasteiger partial charge is 0.224 e. The molecule has 712 valence electrons. The zero-order chi connectivity index (χ0) is 100. The maximum absolute atomic E-state index is 13.3. The first-order chi connectivity index (χ1) is 71.7. The van der Waals surface area contributed by atoms with Gasteiger partial charge in [-0.1, -0.05) is 299 Å². The maximum atomic E-state index is 13.3. The molecule has 14 nitrogen and oxygen atoms in total. The Morgan fingerprint density at radius 1 is 0.281 bits per heavy atom. The third kappa shape index (κ3) is 26.3. The summed E-state index contributed by atoms with van der Waals surface area (Å²) in [5.74, 6) is -2.85. The molecule has 0 fully saturated rings. The number of fused-ring (bicyclic) bond motifs is 7. The highest BCUT2D eigenvalue weighted by atomic mass is 32.1. The van der Waals surface area contributed by atoms with Gasteiger partial charge in [0.25, 0.3) is 0 Å². The highest BCUT2D eigenvalue weighted by molar-refractivity contribution is 7.22. The standard InChI is InChI=1S/C18H16N2.2C15H11N.2C13H9NS.C11H7F2N.C11H12N2.C11H9N.C10H6F2N2.C9H8N2/c1-18(2)16-7-4-3-6-14(16)15-9-8-13(12-17(15)18)20-11-5-10-19-20;1-2-8-13-12(6-1)7-5-9-14(13)15-10-3-4-11-16-15;1-2-6-12(7-3-1)15-11-10-13-8-4-5-9-14(13)16-15;1-2-7-12-10(5-1)9-13(15-12)11-6-3-4-8-14-11;1-2-6-10(7-3-1)13-14-11-8-4-5-9-12(11)15-13;12-8-4-5-9(10(13)7-8)11-3-1-2-6-14-11;1-9-8-10(2)13(12-9)11-6-4-3-5-7-11;1-2-6-10(7-3-1)11-8-4-5-9-12-11;11-9-5-4-7(10(12)14-9)8-3-1-2-6-13-8;1-2-5-9(6-3-1)11-8-4-7-10-11/h3-12H,1-2H3;2*1-11H;2*1-9H;1-7H;3-8H,1-2H3;1-9H;1-6H;1-8H. The van der Waals surface area contributed by atoms with E-state index in [4.69, 9.17) is 0 Å². The summed E-state index contributed by atoms with van der Waals surface area (Å²) in [5, 5.41) is 18.9. The zero-order valence-corrected chi connectivity index (χ0v) is 81.9. The van der Waals surface area contributed by atoms with Gasteiger partial charge >= 0.3 is 0 Å². The van der Waals surface area contributed by atoms with Gasteiger partial charge in [-0.05, 0) is 228 Å². The molecule has 20 heteroatoms. The lowest BCUT2D eigenvalue weighted by Crippen LogP contribution is -2.15. The van der Waals surface area contributed by atoms with Gasteiger partial charge in [0.2, 0.25) is 11.9 Å². The van der Waals surface area contributed by atoms with E-state index in [1.165, 1.54) is 99.3 Å². The van der Waals surface area contributed by atoms with Crippen molar-refractivity contribution in [2.75, 3.05) is 0 Å². The van der Waals surface area contributed by atoms with Gasteiger partial charge in [-0.25, -0.2) is 32.8 Å². The van der Waals surface area contributed by atoms with Crippen LogP contribution in [0.4, 0.5) is 17.6 Å². The molecular weight excluding hydrogens is 1850 g/mol. The predicted octanol–water partition coefficient (Wildman–Crippen LogP) is 32.5. The molecule has 1 aliphatic rings. The van der Waals surface area contributed by atoms with Gasteiger partial charge < -0.3 is 0 Å². The number of nitrogens with zero attached hydrogens (tertiary/aromatic N) is 14. The molecule has 0 saturated heterocycles. The zero-order valence-electron chi connectivity index (χ0n) is 80.2. The fraction of sp³-hybridized carbons (Fsp3) is 0.0397. The number of halogens is 4. The number of aryl methyl sites for hydroxylation is 2. The predicted molar refractivity (Wildman–Crippen MR) is 589 cm³/mol. The summed E-state index contributed by atoms with van der Waals surface area (Å²) >= 11 is 3.53. The molecule has 0 saturated carbocycles. The molecule has 13 aromatic carbocycles. The molecule has 0 atom stereocenters. The molecular formula is C126H98F4N14S2. The molecule has 0 aliphatic heterocycles. The van der Waals surface area contributed by atoms with Gasteiger partial charge in [-0.2, -0.15) is 29.1 Å². The van der Waals surface area contributed by atoms with Crippen molar-refractivity contribution in [3.63, 3.8) is 0 Å². The highest BCUT2D eigenvalue weighted by Gasteiger charge is 2.35. The third-order valence-corrected chi connectivity index (χ3v) is 25.5. The molecule has 0 bridgehead atoms. The first kappa shape index (κ1) is 99.2. The van der Waals surface area contributed by atoms with Crippen LogP contribution in [-0.2, 0) is 5.41 Å². The average molecular weight is 1950 g/mol. The molecule has 0 unspecified atom stereocenters. The van der Waals surface area contributed by atoms with Crippen LogP contribution in [0, 0.1) is 37.4 Å². The summed E-state index contributed by atoms with van der Waals surface area (Å²) in [4.78, 5) is 34.5. The molecule has 146 heavy (non-hydrogen) atoms. The average Bonchev–Trinajstić information content (AvgIpc) is 1.58. The second-order valence-corrected chi connectivity index (χ2v) is 35.7. The van der Waals surface area contributed by atoms with Crippen LogP contribution in [-0.4, -0.2) is 69.2 Å². The first-order valence-corrected chi connectivity index (χ1v) is 48.9. The van der Waals surface area contributed by atoms with E-state index in [1.54, 1.807) is 71.5 Å². The van der Waals surface area contributed by atoms with Gasteiger partial charge in [-0.15, -0.1) is 22.7 Å². The molecule has 0 N–H and O–H groups in total. The van der Waals surface area contributed by atoms with Crippen molar-refractivity contribution in [3.05, 3.63) is 569 Å². The largest absolute Gasteiger partial charge is 0.256 e. The molecule has 12 aromatic heterocycles. The van der Waals surface area contributed by atoms with Crippen LogP contribution in [0.5, 0.6) is 0 Å². The summed E-state index contributed by atoms with van der Waals surface area (Å²) in [6.45, 7) is 8.66. The molecule has 25 aromatic rings. The molecule has 1 aliphatic carbocycles. The van der Waals surface area contributed by atoms with Gasteiger partial charge in [-0.3, -0.25) is 24.9 Å². The Hall–Kier alpha value is -18.4. The van der Waals surface area contributed by atoms with Crippen molar-refractivity contribution >= 4 is 64.7 Å².